The van der Waals surface area contributed by atoms with Crippen molar-refractivity contribution in [1.29, 1.82) is 0 Å². The summed E-state index contributed by atoms with van der Waals surface area (Å²) in [6.45, 7) is 3.73. The zero-order chi connectivity index (χ0) is 20.0. The van der Waals surface area contributed by atoms with Crippen molar-refractivity contribution in [2.24, 2.45) is 0 Å². The Labute approximate surface area is 157 Å². The van der Waals surface area contributed by atoms with Crippen molar-refractivity contribution in [3.8, 4) is 5.75 Å². The smallest absolute Gasteiger partial charge is 0.342 e. The van der Waals surface area contributed by atoms with Crippen LogP contribution in [0.2, 0.25) is 0 Å². The molecule has 2 aromatic rings. The fraction of sp³-hybridized carbons (Fsp3) is 0.300. The third-order valence-electron chi connectivity index (χ3n) is 4.36. The van der Waals surface area contributed by atoms with Gasteiger partial charge >= 0.3 is 5.97 Å². The van der Waals surface area contributed by atoms with Crippen LogP contribution < -0.4 is 4.74 Å². The number of nitro groups is 1. The summed E-state index contributed by atoms with van der Waals surface area (Å²) in [5, 5.41) is 10.9. The molecule has 1 atom stereocenters. The van der Waals surface area contributed by atoms with Gasteiger partial charge in [0.1, 0.15) is 11.3 Å². The van der Waals surface area contributed by atoms with Crippen molar-refractivity contribution < 1.29 is 24.0 Å². The molecule has 0 radical (unpaired) electrons. The Morgan fingerprint density at radius 2 is 1.81 bits per heavy atom. The Hall–Kier alpha value is -3.22. The van der Waals surface area contributed by atoms with Crippen LogP contribution >= 0.6 is 0 Å². The molecule has 27 heavy (non-hydrogen) atoms. The molecule has 0 fully saturated rings. The van der Waals surface area contributed by atoms with Gasteiger partial charge < -0.3 is 9.47 Å². The molecule has 0 unspecified atom stereocenters. The number of rotatable bonds is 8. The molecule has 0 spiro atoms. The molecule has 0 amide bonds. The Bertz CT molecular complexity index is 844. The first kappa shape index (κ1) is 20.1. The lowest BCUT2D eigenvalue weighted by atomic mass is 9.97. The number of Topliss-reactive ketones (excluding diaryl/α,β-unsaturated/α-hetero) is 1. The second-order valence-corrected chi connectivity index (χ2v) is 6.07. The highest BCUT2D eigenvalue weighted by atomic mass is 16.6. The topological polar surface area (TPSA) is 95.7 Å². The average molecular weight is 371 g/mol. The molecule has 0 heterocycles. The standard InChI is InChI=1S/C20H21NO6/c1-4-13(2)14-5-7-15(8-6-14)18(22)12-27-20(23)17-11-16(21(24)25)9-10-19(17)26-3/h5-11,13H,4,12H2,1-3H3/t13-/m1/s1. The minimum atomic E-state index is -0.861. The average Bonchev–Trinajstić information content (AvgIpc) is 2.70. The Kier molecular flexibility index (Phi) is 6.65. The van der Waals surface area contributed by atoms with Gasteiger partial charge in [-0.2, -0.15) is 0 Å². The van der Waals surface area contributed by atoms with Gasteiger partial charge in [-0.3, -0.25) is 14.9 Å². The molecule has 0 saturated carbocycles. The molecule has 0 aromatic heterocycles. The van der Waals surface area contributed by atoms with Crippen molar-refractivity contribution in [3.63, 3.8) is 0 Å². The molecule has 0 N–H and O–H groups in total. The molecule has 0 saturated heterocycles. The monoisotopic (exact) mass is 371 g/mol. The van der Waals surface area contributed by atoms with Crippen molar-refractivity contribution in [3.05, 3.63) is 69.3 Å². The van der Waals surface area contributed by atoms with E-state index in [0.29, 0.717) is 11.5 Å². The van der Waals surface area contributed by atoms with E-state index in [1.807, 2.05) is 12.1 Å². The zero-order valence-electron chi connectivity index (χ0n) is 15.4. The van der Waals surface area contributed by atoms with E-state index in [4.69, 9.17) is 9.47 Å². The molecule has 0 aliphatic rings. The van der Waals surface area contributed by atoms with E-state index in [2.05, 4.69) is 13.8 Å². The summed E-state index contributed by atoms with van der Waals surface area (Å²) in [5.41, 5.74) is 1.19. The zero-order valence-corrected chi connectivity index (χ0v) is 15.4. The van der Waals surface area contributed by atoms with Crippen molar-refractivity contribution in [1.82, 2.24) is 0 Å². The Morgan fingerprint density at radius 1 is 1.15 bits per heavy atom. The largest absolute Gasteiger partial charge is 0.496 e. The van der Waals surface area contributed by atoms with E-state index in [9.17, 15) is 19.7 Å². The van der Waals surface area contributed by atoms with Gasteiger partial charge in [-0.1, -0.05) is 38.1 Å². The minimum Gasteiger partial charge on any atom is -0.496 e. The number of benzene rings is 2. The van der Waals surface area contributed by atoms with Crippen molar-refractivity contribution in [2.45, 2.75) is 26.2 Å². The van der Waals surface area contributed by atoms with Crippen LogP contribution in [-0.4, -0.2) is 30.4 Å². The van der Waals surface area contributed by atoms with Gasteiger partial charge in [-0.05, 0) is 24.0 Å². The van der Waals surface area contributed by atoms with E-state index in [0.717, 1.165) is 18.1 Å². The molecule has 0 bridgehead atoms. The van der Waals surface area contributed by atoms with Crippen LogP contribution in [0.15, 0.2) is 42.5 Å². The van der Waals surface area contributed by atoms with E-state index in [-0.39, 0.29) is 22.8 Å². The van der Waals surface area contributed by atoms with Gasteiger partial charge in [0.2, 0.25) is 0 Å². The lowest BCUT2D eigenvalue weighted by Gasteiger charge is -2.10. The van der Waals surface area contributed by atoms with Crippen molar-refractivity contribution in [2.75, 3.05) is 13.7 Å². The van der Waals surface area contributed by atoms with Gasteiger partial charge in [0.05, 0.1) is 12.0 Å². The molecule has 2 aromatic carbocycles. The first-order valence-corrected chi connectivity index (χ1v) is 8.50. The van der Waals surface area contributed by atoms with Crippen LogP contribution in [0, 0.1) is 10.1 Å². The third-order valence-corrected chi connectivity index (χ3v) is 4.36. The van der Waals surface area contributed by atoms with Crippen LogP contribution in [0.5, 0.6) is 5.75 Å². The Balaban J connectivity index is 2.07. The fourth-order valence-corrected chi connectivity index (χ4v) is 2.49. The summed E-state index contributed by atoms with van der Waals surface area (Å²) in [7, 11) is 1.34. The molecule has 142 valence electrons. The number of hydrogen-bond acceptors (Lipinski definition) is 6. The third kappa shape index (κ3) is 4.91. The number of nitrogens with zero attached hydrogens (tertiary/aromatic N) is 1. The number of hydrogen-bond donors (Lipinski definition) is 0. The number of non-ortho nitro benzene ring substituents is 1. The molecular weight excluding hydrogens is 350 g/mol. The molecule has 7 heteroatoms. The maximum absolute atomic E-state index is 12.2. The summed E-state index contributed by atoms with van der Waals surface area (Å²) in [6, 6.07) is 10.8. The van der Waals surface area contributed by atoms with Crippen LogP contribution in [0.4, 0.5) is 5.69 Å². The molecular formula is C20H21NO6. The molecule has 0 aliphatic heterocycles. The molecule has 7 nitrogen and oxygen atoms in total. The lowest BCUT2D eigenvalue weighted by molar-refractivity contribution is -0.384. The predicted octanol–water partition coefficient (Wildman–Crippen LogP) is 4.16. The summed E-state index contributed by atoms with van der Waals surface area (Å²) < 4.78 is 10.1. The van der Waals surface area contributed by atoms with Crippen LogP contribution in [0.3, 0.4) is 0 Å². The first-order valence-electron chi connectivity index (χ1n) is 8.50. The first-order chi connectivity index (χ1) is 12.9. The quantitative estimate of drug-likeness (QED) is 0.299. The van der Waals surface area contributed by atoms with Gasteiger partial charge in [0.15, 0.2) is 12.4 Å². The minimum absolute atomic E-state index is 0.105. The van der Waals surface area contributed by atoms with E-state index >= 15 is 0 Å². The summed E-state index contributed by atoms with van der Waals surface area (Å²) in [5.74, 6) is -0.687. The number of carbonyl (C=O) groups is 2. The van der Waals surface area contributed by atoms with Crippen LogP contribution in [0.1, 0.15) is 52.5 Å². The maximum atomic E-state index is 12.2. The maximum Gasteiger partial charge on any atom is 0.342 e. The van der Waals surface area contributed by atoms with Gasteiger partial charge in [-0.15, -0.1) is 0 Å². The summed E-state index contributed by atoms with van der Waals surface area (Å²) >= 11 is 0. The summed E-state index contributed by atoms with van der Waals surface area (Å²) in [4.78, 5) is 34.7. The number of ether oxygens (including phenoxy) is 2. The summed E-state index contributed by atoms with van der Waals surface area (Å²) in [6.07, 6.45) is 0.996. The highest BCUT2D eigenvalue weighted by Gasteiger charge is 2.20. The SMILES string of the molecule is CC[C@@H](C)c1ccc(C(=O)COC(=O)c2cc([N+](=O)[O-])ccc2OC)cc1. The van der Waals surface area contributed by atoms with E-state index in [1.54, 1.807) is 12.1 Å². The van der Waals surface area contributed by atoms with Gasteiger partial charge in [0.25, 0.3) is 5.69 Å². The normalized spacial score (nSPS) is 11.5. The van der Waals surface area contributed by atoms with Crippen LogP contribution in [-0.2, 0) is 4.74 Å². The molecule has 0 aliphatic carbocycles. The van der Waals surface area contributed by atoms with E-state index in [1.165, 1.54) is 19.2 Å². The highest BCUT2D eigenvalue weighted by molar-refractivity contribution is 6.00. The van der Waals surface area contributed by atoms with Crippen LogP contribution in [0.25, 0.3) is 0 Å². The predicted molar refractivity (Wildman–Crippen MR) is 99.4 cm³/mol. The Morgan fingerprint density at radius 3 is 2.37 bits per heavy atom. The lowest BCUT2D eigenvalue weighted by Crippen LogP contribution is -2.15. The fourth-order valence-electron chi connectivity index (χ4n) is 2.49. The molecule has 2 rings (SSSR count). The number of carbonyl (C=O) groups excluding carboxylic acids is 2. The number of nitro benzene ring substituents is 1. The number of esters is 1. The second kappa shape index (κ2) is 8.93. The van der Waals surface area contributed by atoms with E-state index < -0.39 is 17.5 Å². The number of methoxy groups -OCH3 is 1. The van der Waals surface area contributed by atoms with Gasteiger partial charge in [-0.25, -0.2) is 4.79 Å². The number of ketones is 1. The van der Waals surface area contributed by atoms with Crippen molar-refractivity contribution >= 4 is 17.4 Å². The second-order valence-electron chi connectivity index (χ2n) is 6.07. The highest BCUT2D eigenvalue weighted by Crippen LogP contribution is 2.25. The van der Waals surface area contributed by atoms with Gasteiger partial charge in [0, 0.05) is 17.7 Å².